The number of benzene rings is 2. The van der Waals surface area contributed by atoms with E-state index in [-0.39, 0.29) is 11.9 Å². The Balaban J connectivity index is 1.43. The van der Waals surface area contributed by atoms with Crippen LogP contribution in [0.2, 0.25) is 0 Å². The number of hydrogen-bond acceptors (Lipinski definition) is 7. The standard InChI is InChI=1S/C27H32N4O4/c1-33-23-9-7-22(8-10-23)30-13-15-31(16-14-30)24(21-5-4-12-28-18-21)19-29-27(32)20-6-11-25(34-2)26(17-20)35-3/h4-12,17-18,24H,13-16,19H2,1-3H3,(H,29,32)/t24-/m1/s1. The highest BCUT2D eigenvalue weighted by atomic mass is 16.5. The number of nitrogens with zero attached hydrogens (tertiary/aromatic N) is 3. The van der Waals surface area contributed by atoms with Crippen molar-refractivity contribution >= 4 is 11.6 Å². The molecule has 3 aromatic rings. The predicted molar refractivity (Wildman–Crippen MR) is 136 cm³/mol. The van der Waals surface area contributed by atoms with Crippen LogP contribution in [0.3, 0.4) is 0 Å². The summed E-state index contributed by atoms with van der Waals surface area (Å²) in [7, 11) is 4.81. The van der Waals surface area contributed by atoms with Crippen LogP contribution in [0.15, 0.2) is 67.0 Å². The number of nitrogens with one attached hydrogen (secondary N) is 1. The monoisotopic (exact) mass is 476 g/mol. The quantitative estimate of drug-likeness (QED) is 0.507. The van der Waals surface area contributed by atoms with Gasteiger partial charge in [-0.3, -0.25) is 14.7 Å². The molecule has 8 heteroatoms. The van der Waals surface area contributed by atoms with Crippen LogP contribution in [0, 0.1) is 0 Å². The molecule has 0 bridgehead atoms. The van der Waals surface area contributed by atoms with Crippen molar-refractivity contribution in [1.82, 2.24) is 15.2 Å². The van der Waals surface area contributed by atoms with E-state index in [1.807, 2.05) is 24.4 Å². The second kappa shape index (κ2) is 11.6. The summed E-state index contributed by atoms with van der Waals surface area (Å²) < 4.78 is 15.9. The van der Waals surface area contributed by atoms with Crippen molar-refractivity contribution in [3.05, 3.63) is 78.1 Å². The van der Waals surface area contributed by atoms with Crippen molar-refractivity contribution in [2.45, 2.75) is 6.04 Å². The summed E-state index contributed by atoms with van der Waals surface area (Å²) in [6, 6.07) is 17.4. The summed E-state index contributed by atoms with van der Waals surface area (Å²) in [6.07, 6.45) is 3.65. The van der Waals surface area contributed by atoms with E-state index in [9.17, 15) is 4.79 Å². The lowest BCUT2D eigenvalue weighted by atomic mass is 10.1. The zero-order chi connectivity index (χ0) is 24.6. The molecule has 8 nitrogen and oxygen atoms in total. The van der Waals surface area contributed by atoms with Crippen molar-refractivity contribution < 1.29 is 19.0 Å². The average Bonchev–Trinajstić information content (AvgIpc) is 2.93. The Morgan fingerprint density at radius 3 is 2.31 bits per heavy atom. The van der Waals surface area contributed by atoms with E-state index >= 15 is 0 Å². The largest absolute Gasteiger partial charge is 0.497 e. The number of rotatable bonds is 9. The molecule has 4 rings (SSSR count). The lowest BCUT2D eigenvalue weighted by molar-refractivity contribution is 0.0929. The van der Waals surface area contributed by atoms with Gasteiger partial charge in [0.15, 0.2) is 11.5 Å². The number of carbonyl (C=O) groups excluding carboxylic acids is 1. The molecule has 0 unspecified atom stereocenters. The zero-order valence-electron chi connectivity index (χ0n) is 20.4. The van der Waals surface area contributed by atoms with Gasteiger partial charge in [-0.05, 0) is 54.1 Å². The van der Waals surface area contributed by atoms with Gasteiger partial charge in [-0.15, -0.1) is 0 Å². The number of hydrogen-bond donors (Lipinski definition) is 1. The van der Waals surface area contributed by atoms with Crippen LogP contribution in [-0.4, -0.2) is 69.8 Å². The third-order valence-corrected chi connectivity index (χ3v) is 6.36. The van der Waals surface area contributed by atoms with Crippen molar-refractivity contribution in [3.63, 3.8) is 0 Å². The topological polar surface area (TPSA) is 76.2 Å². The third kappa shape index (κ3) is 5.84. The molecule has 0 saturated carbocycles. The van der Waals surface area contributed by atoms with E-state index < -0.39 is 0 Å². The molecule has 2 aromatic carbocycles. The van der Waals surface area contributed by atoms with E-state index in [0.29, 0.717) is 23.6 Å². The minimum Gasteiger partial charge on any atom is -0.497 e. The number of anilines is 1. The highest BCUT2D eigenvalue weighted by Gasteiger charge is 2.26. The van der Waals surface area contributed by atoms with Crippen molar-refractivity contribution in [1.29, 1.82) is 0 Å². The maximum atomic E-state index is 13.0. The molecule has 1 saturated heterocycles. The van der Waals surface area contributed by atoms with Gasteiger partial charge in [0.25, 0.3) is 5.91 Å². The summed E-state index contributed by atoms with van der Waals surface area (Å²) in [5, 5.41) is 3.11. The Bertz CT molecular complexity index is 1100. The summed E-state index contributed by atoms with van der Waals surface area (Å²) in [6.45, 7) is 4.01. The molecule has 1 atom stereocenters. The maximum Gasteiger partial charge on any atom is 0.251 e. The molecule has 1 aliphatic rings. The molecule has 184 valence electrons. The van der Waals surface area contributed by atoms with Gasteiger partial charge in [0, 0.05) is 56.4 Å². The lowest BCUT2D eigenvalue weighted by Crippen LogP contribution is -2.50. The first-order valence-electron chi connectivity index (χ1n) is 11.7. The fraction of sp³-hybridized carbons (Fsp3) is 0.333. The second-order valence-corrected chi connectivity index (χ2v) is 8.30. The van der Waals surface area contributed by atoms with Gasteiger partial charge < -0.3 is 24.4 Å². The number of methoxy groups -OCH3 is 3. The molecule has 2 heterocycles. The van der Waals surface area contributed by atoms with E-state index in [2.05, 4.69) is 38.3 Å². The van der Waals surface area contributed by atoms with Crippen LogP contribution >= 0.6 is 0 Å². The fourth-order valence-corrected chi connectivity index (χ4v) is 4.38. The summed E-state index contributed by atoms with van der Waals surface area (Å²) in [5.74, 6) is 1.82. The SMILES string of the molecule is COc1ccc(N2CCN([C@H](CNC(=O)c3ccc(OC)c(OC)c3)c3cccnc3)CC2)cc1. The van der Waals surface area contributed by atoms with Crippen LogP contribution in [0.5, 0.6) is 17.2 Å². The van der Waals surface area contributed by atoms with Crippen LogP contribution in [0.4, 0.5) is 5.69 Å². The Kier molecular flexibility index (Phi) is 8.05. The third-order valence-electron chi connectivity index (χ3n) is 6.36. The Hall–Kier alpha value is -3.78. The molecule has 35 heavy (non-hydrogen) atoms. The number of aromatic nitrogens is 1. The highest BCUT2D eigenvalue weighted by Crippen LogP contribution is 2.28. The van der Waals surface area contributed by atoms with E-state index in [1.165, 1.54) is 5.69 Å². The predicted octanol–water partition coefficient (Wildman–Crippen LogP) is 3.40. The van der Waals surface area contributed by atoms with Gasteiger partial charge in [0.1, 0.15) is 5.75 Å². The Morgan fingerprint density at radius 1 is 0.943 bits per heavy atom. The summed E-state index contributed by atoms with van der Waals surface area (Å²) in [5.41, 5.74) is 2.79. The van der Waals surface area contributed by atoms with Gasteiger partial charge >= 0.3 is 0 Å². The molecular formula is C27H32N4O4. The smallest absolute Gasteiger partial charge is 0.251 e. The maximum absolute atomic E-state index is 13.0. The number of carbonyl (C=O) groups is 1. The van der Waals surface area contributed by atoms with E-state index in [4.69, 9.17) is 14.2 Å². The van der Waals surface area contributed by atoms with E-state index in [0.717, 1.165) is 37.5 Å². The van der Waals surface area contributed by atoms with E-state index in [1.54, 1.807) is 45.7 Å². The van der Waals surface area contributed by atoms with Crippen molar-refractivity contribution in [2.75, 3.05) is 59.0 Å². The molecule has 1 fully saturated rings. The number of ether oxygens (including phenoxy) is 3. The minimum absolute atomic E-state index is 0.0193. The Labute approximate surface area is 206 Å². The first-order valence-corrected chi connectivity index (χ1v) is 11.7. The fourth-order valence-electron chi connectivity index (χ4n) is 4.38. The molecule has 1 amide bonds. The summed E-state index contributed by atoms with van der Waals surface area (Å²) >= 11 is 0. The number of piperazine rings is 1. The van der Waals surface area contributed by atoms with Crippen molar-refractivity contribution in [3.8, 4) is 17.2 Å². The number of pyridine rings is 1. The van der Waals surface area contributed by atoms with Gasteiger partial charge in [-0.2, -0.15) is 0 Å². The molecule has 0 aliphatic carbocycles. The lowest BCUT2D eigenvalue weighted by Gasteiger charge is -2.40. The molecule has 1 aliphatic heterocycles. The molecule has 1 aromatic heterocycles. The summed E-state index contributed by atoms with van der Waals surface area (Å²) in [4.78, 5) is 22.1. The molecule has 0 spiro atoms. The second-order valence-electron chi connectivity index (χ2n) is 8.30. The van der Waals surface area contributed by atoms with Crippen molar-refractivity contribution in [2.24, 2.45) is 0 Å². The van der Waals surface area contributed by atoms with Crippen LogP contribution < -0.4 is 24.4 Å². The van der Waals surface area contributed by atoms with Gasteiger partial charge in [0.05, 0.1) is 27.4 Å². The average molecular weight is 477 g/mol. The normalized spacial score (nSPS) is 14.8. The number of amides is 1. The van der Waals surface area contributed by atoms with Crippen LogP contribution in [0.1, 0.15) is 22.0 Å². The van der Waals surface area contributed by atoms with Crippen LogP contribution in [-0.2, 0) is 0 Å². The Morgan fingerprint density at radius 2 is 1.69 bits per heavy atom. The molecule has 1 N–H and O–H groups in total. The zero-order valence-corrected chi connectivity index (χ0v) is 20.4. The molecule has 0 radical (unpaired) electrons. The first kappa shape index (κ1) is 24.3. The highest BCUT2D eigenvalue weighted by molar-refractivity contribution is 5.94. The van der Waals surface area contributed by atoms with Gasteiger partial charge in [-0.25, -0.2) is 0 Å². The first-order chi connectivity index (χ1) is 17.1. The minimum atomic E-state index is -0.156. The van der Waals surface area contributed by atoms with Gasteiger partial charge in [0.2, 0.25) is 0 Å². The molecular weight excluding hydrogens is 444 g/mol. The van der Waals surface area contributed by atoms with Crippen LogP contribution in [0.25, 0.3) is 0 Å². The van der Waals surface area contributed by atoms with Gasteiger partial charge in [-0.1, -0.05) is 6.07 Å².